The molecule has 0 radical (unpaired) electrons. The monoisotopic (exact) mass is 391 g/mol. The van der Waals surface area contributed by atoms with Crippen LogP contribution >= 0.6 is 12.2 Å². The van der Waals surface area contributed by atoms with Gasteiger partial charge in [0.25, 0.3) is 0 Å². The average molecular weight is 392 g/mol. The van der Waals surface area contributed by atoms with E-state index in [1.165, 1.54) is 54.9 Å². The van der Waals surface area contributed by atoms with Crippen LogP contribution in [0.2, 0.25) is 0 Å². The smallest absolute Gasteiger partial charge is 0.159 e. The van der Waals surface area contributed by atoms with E-state index in [4.69, 9.17) is 17.0 Å². The molecule has 0 aliphatic rings. The van der Waals surface area contributed by atoms with Gasteiger partial charge in [0.2, 0.25) is 0 Å². The topological polar surface area (TPSA) is 35.2 Å². The fourth-order valence-corrected chi connectivity index (χ4v) is 3.24. The maximum Gasteiger partial charge on any atom is 0.159 e. The first-order valence-corrected chi connectivity index (χ1v) is 10.4. The summed E-state index contributed by atoms with van der Waals surface area (Å²) < 4.78 is 6.22. The molecule has 2 N–H and O–H groups in total. The lowest BCUT2D eigenvalue weighted by molar-refractivity contribution is -0.923. The van der Waals surface area contributed by atoms with Crippen LogP contribution in [0.25, 0.3) is 10.8 Å². The van der Waals surface area contributed by atoms with Gasteiger partial charge in [0, 0.05) is 6.42 Å². The Morgan fingerprint density at radius 1 is 0.852 bits per heavy atom. The Morgan fingerprint density at radius 2 is 1.26 bits per heavy atom. The number of thiocarbonyl (C=S) groups is 1. The van der Waals surface area contributed by atoms with Crippen molar-refractivity contribution in [2.45, 2.75) is 40.0 Å². The van der Waals surface area contributed by atoms with Crippen LogP contribution in [-0.4, -0.2) is 49.9 Å². The molecular formula is C23H39N2OS+. The summed E-state index contributed by atoms with van der Waals surface area (Å²) >= 11 is 5.02. The quantitative estimate of drug-likeness (QED) is 0.371. The second kappa shape index (κ2) is 15.6. The van der Waals surface area contributed by atoms with Crippen molar-refractivity contribution in [3.63, 3.8) is 0 Å². The minimum absolute atomic E-state index is 0.748. The van der Waals surface area contributed by atoms with E-state index in [0.29, 0.717) is 0 Å². The second-order valence-electron chi connectivity index (χ2n) is 6.39. The Morgan fingerprint density at radius 3 is 1.59 bits per heavy atom. The SMILES string of the molecule is CC[N+](CC)(CC)CCCCC(=S)OC.CN.c1ccc2ccccc2c1. The van der Waals surface area contributed by atoms with Crippen LogP contribution in [-0.2, 0) is 4.74 Å². The first-order valence-electron chi connectivity index (χ1n) is 10.0. The summed E-state index contributed by atoms with van der Waals surface area (Å²) in [5, 5.41) is 3.37. The van der Waals surface area contributed by atoms with Crippen molar-refractivity contribution in [1.29, 1.82) is 0 Å². The van der Waals surface area contributed by atoms with Crippen LogP contribution < -0.4 is 5.73 Å². The summed E-state index contributed by atoms with van der Waals surface area (Å²) in [6.45, 7) is 11.8. The van der Waals surface area contributed by atoms with Gasteiger partial charge in [-0.15, -0.1) is 0 Å². The van der Waals surface area contributed by atoms with Crippen LogP contribution in [0, 0.1) is 0 Å². The number of nitrogens with zero attached hydrogens (tertiary/aromatic N) is 1. The normalized spacial score (nSPS) is 10.3. The number of hydrogen-bond donors (Lipinski definition) is 1. The van der Waals surface area contributed by atoms with Crippen molar-refractivity contribution >= 4 is 28.0 Å². The van der Waals surface area contributed by atoms with E-state index in [1.807, 2.05) is 0 Å². The van der Waals surface area contributed by atoms with Crippen LogP contribution in [0.15, 0.2) is 48.5 Å². The van der Waals surface area contributed by atoms with Gasteiger partial charge in [-0.2, -0.15) is 0 Å². The molecule has 0 amide bonds. The second-order valence-corrected chi connectivity index (χ2v) is 6.85. The molecule has 0 bridgehead atoms. The van der Waals surface area contributed by atoms with E-state index in [0.717, 1.165) is 17.9 Å². The molecule has 0 aliphatic carbocycles. The number of ether oxygens (including phenoxy) is 1. The Balaban J connectivity index is 0.000000482. The van der Waals surface area contributed by atoms with Crippen molar-refractivity contribution < 1.29 is 9.22 Å². The Labute approximate surface area is 172 Å². The number of unbranched alkanes of at least 4 members (excludes halogenated alkanes) is 1. The molecule has 2 aromatic carbocycles. The zero-order valence-corrected chi connectivity index (χ0v) is 18.7. The number of hydrogen-bond acceptors (Lipinski definition) is 3. The zero-order valence-electron chi connectivity index (χ0n) is 17.9. The third-order valence-electron chi connectivity index (χ3n) is 5.16. The molecule has 152 valence electrons. The van der Waals surface area contributed by atoms with Gasteiger partial charge in [0.15, 0.2) is 5.05 Å². The van der Waals surface area contributed by atoms with Crippen LogP contribution in [0.4, 0.5) is 0 Å². The van der Waals surface area contributed by atoms with Crippen molar-refractivity contribution in [3.05, 3.63) is 48.5 Å². The van der Waals surface area contributed by atoms with Crippen LogP contribution in [0.5, 0.6) is 0 Å². The molecule has 3 nitrogen and oxygen atoms in total. The number of fused-ring (bicyclic) bond motifs is 1. The first kappa shape index (κ1) is 25.5. The number of benzene rings is 2. The summed E-state index contributed by atoms with van der Waals surface area (Å²) in [5.41, 5.74) is 4.50. The Kier molecular flexibility index (Phi) is 14.7. The minimum atomic E-state index is 0.748. The van der Waals surface area contributed by atoms with Crippen LogP contribution in [0.1, 0.15) is 40.0 Å². The highest BCUT2D eigenvalue weighted by Gasteiger charge is 2.19. The first-order chi connectivity index (χ1) is 13.1. The molecule has 0 fully saturated rings. The molecule has 2 rings (SSSR count). The standard InChI is InChI=1S/C12H26NOS.C10H8.CH5N/c1-5-13(6-2,7-3)11-9-8-10-12(15)14-4;1-2-6-10-8-4-3-7-9(10)5-1;1-2/h5-11H2,1-4H3;1-8H;2H2,1H3/q+1;;. The van der Waals surface area contributed by atoms with Crippen LogP contribution in [0.3, 0.4) is 0 Å². The summed E-state index contributed by atoms with van der Waals surface area (Å²) in [5.74, 6) is 0. The fraction of sp³-hybridized carbons (Fsp3) is 0.522. The van der Waals surface area contributed by atoms with E-state index >= 15 is 0 Å². The fourth-order valence-electron chi connectivity index (χ4n) is 3.10. The van der Waals surface area contributed by atoms with Gasteiger partial charge in [-0.25, -0.2) is 0 Å². The third-order valence-corrected chi connectivity index (χ3v) is 5.53. The molecule has 0 aromatic heterocycles. The van der Waals surface area contributed by atoms with E-state index in [9.17, 15) is 0 Å². The summed E-state index contributed by atoms with van der Waals surface area (Å²) in [6.07, 6.45) is 3.34. The molecule has 2 aromatic rings. The average Bonchev–Trinajstić information content (AvgIpc) is 2.76. The number of methoxy groups -OCH3 is 1. The minimum Gasteiger partial charge on any atom is -0.490 e. The largest absolute Gasteiger partial charge is 0.490 e. The predicted octanol–water partition coefficient (Wildman–Crippen LogP) is 5.42. The lowest BCUT2D eigenvalue weighted by Gasteiger charge is -2.35. The molecule has 27 heavy (non-hydrogen) atoms. The highest BCUT2D eigenvalue weighted by molar-refractivity contribution is 7.80. The molecule has 0 spiro atoms. The molecule has 0 unspecified atom stereocenters. The van der Waals surface area contributed by atoms with Crippen molar-refractivity contribution in [1.82, 2.24) is 0 Å². The molecule has 0 saturated carbocycles. The highest BCUT2D eigenvalue weighted by Crippen LogP contribution is 2.11. The Hall–Kier alpha value is -1.49. The molecule has 4 heteroatoms. The van der Waals surface area contributed by atoms with Gasteiger partial charge in [0.05, 0.1) is 33.3 Å². The third kappa shape index (κ3) is 9.85. The molecule has 0 heterocycles. The molecule has 0 aliphatic heterocycles. The number of rotatable bonds is 8. The van der Waals surface area contributed by atoms with Gasteiger partial charge in [-0.1, -0.05) is 48.5 Å². The van der Waals surface area contributed by atoms with E-state index in [2.05, 4.69) is 75.0 Å². The zero-order chi connectivity index (χ0) is 20.5. The predicted molar refractivity (Wildman–Crippen MR) is 124 cm³/mol. The van der Waals surface area contributed by atoms with Crippen molar-refractivity contribution in [2.24, 2.45) is 5.73 Å². The van der Waals surface area contributed by atoms with Crippen molar-refractivity contribution in [2.75, 3.05) is 40.3 Å². The molecular weight excluding hydrogens is 352 g/mol. The summed E-state index contributed by atoms with van der Waals surface area (Å²) in [6, 6.07) is 16.7. The van der Waals surface area contributed by atoms with Crippen molar-refractivity contribution in [3.8, 4) is 0 Å². The van der Waals surface area contributed by atoms with E-state index in [-0.39, 0.29) is 0 Å². The number of nitrogens with two attached hydrogens (primary N) is 1. The number of quaternary nitrogens is 1. The van der Waals surface area contributed by atoms with E-state index < -0.39 is 0 Å². The lowest BCUT2D eigenvalue weighted by Crippen LogP contribution is -2.48. The molecule has 0 atom stereocenters. The van der Waals surface area contributed by atoms with E-state index in [1.54, 1.807) is 7.11 Å². The maximum absolute atomic E-state index is 5.02. The lowest BCUT2D eigenvalue weighted by atomic mass is 10.1. The maximum atomic E-state index is 5.02. The van der Waals surface area contributed by atoms with Gasteiger partial charge in [-0.05, 0) is 63.7 Å². The van der Waals surface area contributed by atoms with Gasteiger partial charge < -0.3 is 15.0 Å². The van der Waals surface area contributed by atoms with Gasteiger partial charge in [-0.3, -0.25) is 0 Å². The molecule has 0 saturated heterocycles. The summed E-state index contributed by atoms with van der Waals surface area (Å²) in [4.78, 5) is 0. The van der Waals surface area contributed by atoms with Gasteiger partial charge >= 0.3 is 0 Å². The Bertz CT molecular complexity index is 553. The van der Waals surface area contributed by atoms with Gasteiger partial charge in [0.1, 0.15) is 0 Å². The highest BCUT2D eigenvalue weighted by atomic mass is 32.1. The summed E-state index contributed by atoms with van der Waals surface area (Å²) in [7, 11) is 3.16.